The molecule has 11 nitrogen and oxygen atoms in total. The number of esters is 3. The molecule has 168 valence electrons. The van der Waals surface area contributed by atoms with Crippen LogP contribution in [0, 0.1) is 0 Å². The normalized spacial score (nSPS) is 25.0. The van der Waals surface area contributed by atoms with E-state index in [0.717, 1.165) is 4.90 Å². The number of azide groups is 1. The molecule has 1 saturated heterocycles. The van der Waals surface area contributed by atoms with Crippen molar-refractivity contribution in [3.8, 4) is 5.75 Å². The van der Waals surface area contributed by atoms with Gasteiger partial charge in [0.1, 0.15) is 42.1 Å². The van der Waals surface area contributed by atoms with Crippen molar-refractivity contribution >= 4 is 29.7 Å². The van der Waals surface area contributed by atoms with Gasteiger partial charge in [0.05, 0.1) is 7.11 Å². The Kier molecular flexibility index (Phi) is 8.98. The highest BCUT2D eigenvalue weighted by Gasteiger charge is 2.50. The molecule has 1 aromatic carbocycles. The maximum Gasteiger partial charge on any atom is 0.303 e. The Bertz CT molecular complexity index is 843. The first-order chi connectivity index (χ1) is 14.7. The third-order valence-corrected chi connectivity index (χ3v) is 5.32. The molecule has 0 aliphatic carbocycles. The van der Waals surface area contributed by atoms with Crippen molar-refractivity contribution in [2.75, 3.05) is 13.7 Å². The summed E-state index contributed by atoms with van der Waals surface area (Å²) in [5.41, 5.74) is 8.24. The number of hydrogen-bond donors (Lipinski definition) is 0. The minimum atomic E-state index is -1.13. The monoisotopic (exact) mass is 453 g/mol. The minimum absolute atomic E-state index is 0.253. The number of nitrogens with zero attached hydrogens (tertiary/aromatic N) is 3. The number of ether oxygens (including phenoxy) is 5. The first kappa shape index (κ1) is 24.3. The number of hydrogen-bond acceptors (Lipinski definition) is 10. The average molecular weight is 453 g/mol. The van der Waals surface area contributed by atoms with Crippen molar-refractivity contribution in [2.24, 2.45) is 5.11 Å². The molecule has 1 fully saturated rings. The van der Waals surface area contributed by atoms with Crippen LogP contribution in [0.4, 0.5) is 0 Å². The summed E-state index contributed by atoms with van der Waals surface area (Å²) in [7, 11) is 1.54. The van der Waals surface area contributed by atoms with E-state index in [1.165, 1.54) is 32.5 Å². The quantitative estimate of drug-likeness (QED) is 0.190. The van der Waals surface area contributed by atoms with Gasteiger partial charge in [0.25, 0.3) is 0 Å². The molecule has 0 amide bonds. The van der Waals surface area contributed by atoms with Crippen LogP contribution < -0.4 is 4.74 Å². The fourth-order valence-electron chi connectivity index (χ4n) is 2.96. The number of carbonyl (C=O) groups excluding carboxylic acids is 3. The van der Waals surface area contributed by atoms with E-state index in [4.69, 9.17) is 29.2 Å². The fraction of sp³-hybridized carbons (Fsp3) is 0.526. The summed E-state index contributed by atoms with van der Waals surface area (Å²) in [6.45, 7) is 3.35. The third kappa shape index (κ3) is 7.06. The van der Waals surface area contributed by atoms with E-state index in [-0.39, 0.29) is 6.61 Å². The van der Waals surface area contributed by atoms with Gasteiger partial charge in [0.15, 0.2) is 0 Å². The number of benzene rings is 1. The summed E-state index contributed by atoms with van der Waals surface area (Å²) < 4.78 is 26.9. The van der Waals surface area contributed by atoms with Crippen LogP contribution >= 0.6 is 11.8 Å². The van der Waals surface area contributed by atoms with Gasteiger partial charge in [-0.15, -0.1) is 0 Å². The van der Waals surface area contributed by atoms with Gasteiger partial charge in [0.2, 0.25) is 0 Å². The van der Waals surface area contributed by atoms with Crippen LogP contribution in [0.3, 0.4) is 0 Å². The molecule has 0 radical (unpaired) electrons. The average Bonchev–Trinajstić information content (AvgIpc) is 2.70. The van der Waals surface area contributed by atoms with Crippen LogP contribution in [0.15, 0.2) is 34.3 Å². The SMILES string of the molecule is COc1ccc(S[C@H]2OC(COC(C)=O)[C@H](OC(C)=O)C(N=[N+]=[N-])C2OC(C)=O)cc1. The predicted octanol–water partition coefficient (Wildman–Crippen LogP) is 2.62. The number of carbonyl (C=O) groups is 3. The molecule has 1 heterocycles. The highest BCUT2D eigenvalue weighted by Crippen LogP contribution is 2.38. The van der Waals surface area contributed by atoms with Gasteiger partial charge in [0, 0.05) is 30.6 Å². The van der Waals surface area contributed by atoms with Gasteiger partial charge in [-0.25, -0.2) is 0 Å². The second-order valence-electron chi connectivity index (χ2n) is 6.48. The first-order valence-corrected chi connectivity index (χ1v) is 10.1. The minimum Gasteiger partial charge on any atom is -0.497 e. The third-order valence-electron chi connectivity index (χ3n) is 4.17. The van der Waals surface area contributed by atoms with Gasteiger partial charge < -0.3 is 23.7 Å². The second-order valence-corrected chi connectivity index (χ2v) is 7.65. The zero-order chi connectivity index (χ0) is 23.0. The molecular formula is C19H23N3O8S. The smallest absolute Gasteiger partial charge is 0.303 e. The lowest BCUT2D eigenvalue weighted by Gasteiger charge is -2.43. The molecule has 5 atom stereocenters. The highest BCUT2D eigenvalue weighted by molar-refractivity contribution is 7.99. The summed E-state index contributed by atoms with van der Waals surface area (Å²) in [6.07, 6.45) is -3.16. The van der Waals surface area contributed by atoms with Gasteiger partial charge >= 0.3 is 17.9 Å². The van der Waals surface area contributed by atoms with E-state index in [9.17, 15) is 14.4 Å². The van der Waals surface area contributed by atoms with Gasteiger partial charge in [-0.3, -0.25) is 14.4 Å². The Morgan fingerprint density at radius 3 is 2.19 bits per heavy atom. The van der Waals surface area contributed by atoms with E-state index < -0.39 is 47.7 Å². The molecule has 0 aromatic heterocycles. The number of methoxy groups -OCH3 is 1. The molecule has 31 heavy (non-hydrogen) atoms. The summed E-state index contributed by atoms with van der Waals surface area (Å²) in [6, 6.07) is 5.94. The summed E-state index contributed by atoms with van der Waals surface area (Å²) >= 11 is 1.20. The number of thioether (sulfide) groups is 1. The van der Waals surface area contributed by atoms with Crippen LogP contribution in [0.25, 0.3) is 10.4 Å². The van der Waals surface area contributed by atoms with Crippen molar-refractivity contribution in [3.63, 3.8) is 0 Å². The molecule has 0 saturated carbocycles. The predicted molar refractivity (Wildman–Crippen MR) is 108 cm³/mol. The molecule has 1 aliphatic rings. The van der Waals surface area contributed by atoms with E-state index in [2.05, 4.69) is 10.0 Å². The molecule has 2 rings (SSSR count). The molecule has 0 bridgehead atoms. The van der Waals surface area contributed by atoms with Gasteiger partial charge in [-0.1, -0.05) is 16.9 Å². The molecule has 12 heteroatoms. The lowest BCUT2D eigenvalue weighted by atomic mass is 9.97. The van der Waals surface area contributed by atoms with Crippen LogP contribution in [0.5, 0.6) is 5.75 Å². The van der Waals surface area contributed by atoms with Gasteiger partial charge in [-0.05, 0) is 29.8 Å². The molecule has 0 spiro atoms. The second kappa shape index (κ2) is 11.4. The van der Waals surface area contributed by atoms with E-state index in [0.29, 0.717) is 5.75 Å². The Morgan fingerprint density at radius 1 is 1.06 bits per heavy atom. The number of rotatable bonds is 8. The highest BCUT2D eigenvalue weighted by atomic mass is 32.2. The molecule has 1 aromatic rings. The van der Waals surface area contributed by atoms with Crippen molar-refractivity contribution < 1.29 is 38.1 Å². The first-order valence-electron chi connectivity index (χ1n) is 9.23. The largest absolute Gasteiger partial charge is 0.497 e. The zero-order valence-corrected chi connectivity index (χ0v) is 18.2. The van der Waals surface area contributed by atoms with E-state index in [1.807, 2.05) is 0 Å². The summed E-state index contributed by atoms with van der Waals surface area (Å²) in [5, 5.41) is 3.72. The van der Waals surface area contributed by atoms with Crippen molar-refractivity contribution in [3.05, 3.63) is 34.7 Å². The maximum absolute atomic E-state index is 11.8. The Hall–Kier alpha value is -2.95. The molecule has 0 N–H and O–H groups in total. The van der Waals surface area contributed by atoms with E-state index in [1.54, 1.807) is 31.4 Å². The Labute approximate surface area is 182 Å². The maximum atomic E-state index is 11.8. The van der Waals surface area contributed by atoms with E-state index >= 15 is 0 Å². The molecular weight excluding hydrogens is 430 g/mol. The summed E-state index contributed by atoms with van der Waals surface area (Å²) in [4.78, 5) is 38.3. The van der Waals surface area contributed by atoms with Crippen LogP contribution in [-0.4, -0.2) is 61.4 Å². The standard InChI is InChI=1S/C19H23N3O8S/c1-10(23)27-9-15-17(28-11(2)24)16(21-22-20)18(29-12(3)25)19(30-15)31-14-7-5-13(26-4)6-8-14/h5-8,15-19H,9H2,1-4H3/t15?,16?,17-,18?,19+/m0/s1. The van der Waals surface area contributed by atoms with Crippen molar-refractivity contribution in [2.45, 2.75) is 55.5 Å². The molecule has 1 aliphatic heterocycles. The van der Waals surface area contributed by atoms with Crippen LogP contribution in [-0.2, 0) is 33.3 Å². The van der Waals surface area contributed by atoms with Crippen LogP contribution in [0.2, 0.25) is 0 Å². The van der Waals surface area contributed by atoms with Crippen molar-refractivity contribution in [1.82, 2.24) is 0 Å². The molecule has 3 unspecified atom stereocenters. The Morgan fingerprint density at radius 2 is 1.68 bits per heavy atom. The fourth-order valence-corrected chi connectivity index (χ4v) is 4.07. The lowest BCUT2D eigenvalue weighted by Crippen LogP contribution is -2.59. The van der Waals surface area contributed by atoms with Crippen molar-refractivity contribution in [1.29, 1.82) is 0 Å². The van der Waals surface area contributed by atoms with Gasteiger partial charge in [-0.2, -0.15) is 0 Å². The summed E-state index contributed by atoms with van der Waals surface area (Å²) in [5.74, 6) is -1.21. The lowest BCUT2D eigenvalue weighted by molar-refractivity contribution is -0.201. The van der Waals surface area contributed by atoms with Crippen LogP contribution in [0.1, 0.15) is 20.8 Å². The topological polar surface area (TPSA) is 146 Å². The zero-order valence-electron chi connectivity index (χ0n) is 17.4. The Balaban J connectivity index is 2.40.